The SMILES string of the molecule is C=Cc1cc(O[Si](O[Si](C)(C)C)(O[Si](C)(C)C)O[Si](C)(C)C)c(C)c(C)c1C(C)[SiH3]. The lowest BCUT2D eigenvalue weighted by atomic mass is 9.94. The third-order valence-corrected chi connectivity index (χ3v) is 15.7. The molecular weight excluding hydrogens is 457 g/mol. The van der Waals surface area contributed by atoms with Crippen LogP contribution < -0.4 is 4.43 Å². The van der Waals surface area contributed by atoms with Gasteiger partial charge in [0.05, 0.1) is 0 Å². The molecule has 0 radical (unpaired) electrons. The molecule has 0 fully saturated rings. The van der Waals surface area contributed by atoms with E-state index in [1.54, 1.807) is 0 Å². The molecule has 172 valence electrons. The van der Waals surface area contributed by atoms with Crippen molar-refractivity contribution < 1.29 is 16.8 Å². The van der Waals surface area contributed by atoms with Gasteiger partial charge in [-0.3, -0.25) is 0 Å². The van der Waals surface area contributed by atoms with Crippen molar-refractivity contribution in [2.45, 2.75) is 85.2 Å². The van der Waals surface area contributed by atoms with E-state index >= 15 is 0 Å². The van der Waals surface area contributed by atoms with Gasteiger partial charge < -0.3 is 16.8 Å². The van der Waals surface area contributed by atoms with Crippen molar-refractivity contribution in [2.24, 2.45) is 0 Å². The third kappa shape index (κ3) is 8.34. The predicted molar refractivity (Wildman–Crippen MR) is 144 cm³/mol. The van der Waals surface area contributed by atoms with Gasteiger partial charge in [0.15, 0.2) is 25.0 Å². The predicted octanol–water partition coefficient (Wildman–Crippen LogP) is 5.74. The first-order chi connectivity index (χ1) is 13.3. The van der Waals surface area contributed by atoms with Gasteiger partial charge in [0, 0.05) is 10.2 Å². The first kappa shape index (κ1) is 27.8. The summed E-state index contributed by atoms with van der Waals surface area (Å²) in [6, 6.07) is 2.11. The molecule has 0 aliphatic carbocycles. The fourth-order valence-corrected chi connectivity index (χ4v) is 15.7. The van der Waals surface area contributed by atoms with E-state index in [2.05, 4.69) is 92.3 Å². The van der Waals surface area contributed by atoms with Crippen LogP contribution in [0.3, 0.4) is 0 Å². The Kier molecular flexibility index (Phi) is 8.97. The molecule has 0 amide bonds. The van der Waals surface area contributed by atoms with Gasteiger partial charge in [-0.2, -0.15) is 0 Å². The maximum Gasteiger partial charge on any atom is 0.717 e. The molecule has 0 bridgehead atoms. The Hall–Kier alpha value is -0.276. The summed E-state index contributed by atoms with van der Waals surface area (Å²) in [5.74, 6) is 0.801. The quantitative estimate of drug-likeness (QED) is 0.384. The Labute approximate surface area is 192 Å². The first-order valence-corrected chi connectivity index (χ1v) is 23.9. The van der Waals surface area contributed by atoms with E-state index in [4.69, 9.17) is 16.8 Å². The standard InChI is InChI=1S/C21H44O4Si5/c1-14-19-15-20(16(2)17(3)21(19)18(4)26)22-30(23-27(5,6)7,24-28(8,9)10)25-29(11,12)13/h14-15,18H,1H2,2-13,26H3. The molecule has 0 spiro atoms. The van der Waals surface area contributed by atoms with Crippen LogP contribution >= 0.6 is 0 Å². The fourth-order valence-electron chi connectivity index (χ4n) is 3.36. The molecule has 1 aromatic carbocycles. The summed E-state index contributed by atoms with van der Waals surface area (Å²) >= 11 is 0. The van der Waals surface area contributed by atoms with Crippen LogP contribution in [0.25, 0.3) is 6.08 Å². The van der Waals surface area contributed by atoms with Crippen LogP contribution in [0.15, 0.2) is 12.6 Å². The monoisotopic (exact) mass is 500 g/mol. The van der Waals surface area contributed by atoms with Gasteiger partial charge in [-0.1, -0.05) is 19.6 Å². The van der Waals surface area contributed by atoms with Crippen molar-refractivity contribution in [1.82, 2.24) is 0 Å². The van der Waals surface area contributed by atoms with E-state index in [0.29, 0.717) is 5.54 Å². The molecule has 0 saturated heterocycles. The van der Waals surface area contributed by atoms with Crippen LogP contribution in [0.2, 0.25) is 58.9 Å². The highest BCUT2D eigenvalue weighted by atomic mass is 28.5. The summed E-state index contributed by atoms with van der Waals surface area (Å²) in [7, 11) is -8.36. The summed E-state index contributed by atoms with van der Waals surface area (Å²) in [5.41, 5.74) is 5.45. The Morgan fingerprint density at radius 1 is 0.833 bits per heavy atom. The molecule has 0 N–H and O–H groups in total. The van der Waals surface area contributed by atoms with Crippen molar-refractivity contribution in [1.29, 1.82) is 0 Å². The Bertz CT molecular complexity index is 718. The van der Waals surface area contributed by atoms with Gasteiger partial charge in [-0.25, -0.2) is 0 Å². The Balaban J connectivity index is 3.70. The minimum atomic E-state index is -3.42. The first-order valence-electron chi connectivity index (χ1n) is 10.9. The molecular formula is C21H44O4Si5. The molecule has 1 atom stereocenters. The van der Waals surface area contributed by atoms with Crippen LogP contribution in [-0.2, 0) is 12.3 Å². The number of hydrogen-bond donors (Lipinski definition) is 0. The number of rotatable bonds is 10. The van der Waals surface area contributed by atoms with Gasteiger partial charge in [-0.05, 0) is 107 Å². The maximum absolute atomic E-state index is 6.76. The van der Waals surface area contributed by atoms with Crippen LogP contribution in [0.4, 0.5) is 0 Å². The van der Waals surface area contributed by atoms with Crippen molar-refractivity contribution in [3.63, 3.8) is 0 Å². The van der Waals surface area contributed by atoms with E-state index in [-0.39, 0.29) is 0 Å². The van der Waals surface area contributed by atoms with Gasteiger partial charge in [0.2, 0.25) is 0 Å². The average Bonchev–Trinajstić information content (AvgIpc) is 2.45. The highest BCUT2D eigenvalue weighted by Crippen LogP contribution is 2.36. The zero-order valence-electron chi connectivity index (χ0n) is 21.6. The van der Waals surface area contributed by atoms with Gasteiger partial charge in [-0.15, -0.1) is 0 Å². The number of hydrogen-bond acceptors (Lipinski definition) is 4. The molecule has 1 unspecified atom stereocenters. The zero-order valence-corrected chi connectivity index (χ0v) is 27.6. The molecule has 9 heteroatoms. The second-order valence-electron chi connectivity index (χ2n) is 11.2. The molecule has 1 rings (SSSR count). The van der Waals surface area contributed by atoms with Crippen LogP contribution in [0, 0.1) is 13.8 Å². The fraction of sp³-hybridized carbons (Fsp3) is 0.619. The smallest absolute Gasteiger partial charge is 0.481 e. The Morgan fingerprint density at radius 3 is 1.53 bits per heavy atom. The summed E-state index contributed by atoms with van der Waals surface area (Å²) < 4.78 is 26.8. The van der Waals surface area contributed by atoms with E-state index in [1.807, 2.05) is 6.08 Å². The minimum absolute atomic E-state index is 0.544. The van der Waals surface area contributed by atoms with Crippen molar-refractivity contribution in [3.05, 3.63) is 34.9 Å². The zero-order chi connectivity index (χ0) is 23.7. The Morgan fingerprint density at radius 2 is 1.23 bits per heavy atom. The number of benzene rings is 1. The second kappa shape index (κ2) is 9.69. The molecule has 1 aromatic rings. The second-order valence-corrected chi connectivity index (χ2v) is 29.3. The highest BCUT2D eigenvalue weighted by Gasteiger charge is 2.56. The molecule has 0 aliphatic rings. The highest BCUT2D eigenvalue weighted by molar-refractivity contribution is 6.88. The van der Waals surface area contributed by atoms with Crippen LogP contribution in [-0.4, -0.2) is 44.2 Å². The van der Waals surface area contributed by atoms with Crippen molar-refractivity contribution in [2.75, 3.05) is 0 Å². The van der Waals surface area contributed by atoms with Gasteiger partial charge in [0.1, 0.15) is 5.75 Å². The summed E-state index contributed by atoms with van der Waals surface area (Å²) in [5, 5.41) is 0. The topological polar surface area (TPSA) is 36.9 Å². The van der Waals surface area contributed by atoms with Crippen LogP contribution in [0.1, 0.15) is 34.7 Å². The van der Waals surface area contributed by atoms with E-state index in [9.17, 15) is 0 Å². The van der Waals surface area contributed by atoms with E-state index in [0.717, 1.165) is 27.1 Å². The lowest BCUT2D eigenvalue weighted by molar-refractivity contribution is 0.151. The third-order valence-electron chi connectivity index (χ3n) is 4.26. The molecule has 0 aliphatic heterocycles. The molecule has 0 saturated carbocycles. The summed E-state index contributed by atoms with van der Waals surface area (Å²) in [6.45, 7) is 30.1. The lowest BCUT2D eigenvalue weighted by Gasteiger charge is -2.41. The van der Waals surface area contributed by atoms with E-state index in [1.165, 1.54) is 11.1 Å². The van der Waals surface area contributed by atoms with Crippen molar-refractivity contribution >= 4 is 50.3 Å². The maximum atomic E-state index is 6.76. The molecule has 30 heavy (non-hydrogen) atoms. The van der Waals surface area contributed by atoms with Crippen LogP contribution in [0.5, 0.6) is 5.75 Å². The molecule has 0 heterocycles. The minimum Gasteiger partial charge on any atom is -0.481 e. The van der Waals surface area contributed by atoms with Gasteiger partial charge in [0.25, 0.3) is 0 Å². The van der Waals surface area contributed by atoms with Gasteiger partial charge >= 0.3 is 9.05 Å². The summed E-state index contributed by atoms with van der Waals surface area (Å²) in [6.07, 6.45) is 1.93. The van der Waals surface area contributed by atoms with Crippen molar-refractivity contribution in [3.8, 4) is 5.75 Å². The average molecular weight is 501 g/mol. The normalized spacial score (nSPS) is 14.7. The lowest BCUT2D eigenvalue weighted by Crippen LogP contribution is -2.64. The summed E-state index contributed by atoms with van der Waals surface area (Å²) in [4.78, 5) is 0. The largest absolute Gasteiger partial charge is 0.717 e. The molecule has 4 nitrogen and oxygen atoms in total. The van der Waals surface area contributed by atoms with E-state index < -0.39 is 34.0 Å². The molecule has 0 aromatic heterocycles.